The summed E-state index contributed by atoms with van der Waals surface area (Å²) in [5.74, 6) is 0.384. The zero-order valence-electron chi connectivity index (χ0n) is 7.26. The van der Waals surface area contributed by atoms with Crippen LogP contribution >= 0.6 is 0 Å². The summed E-state index contributed by atoms with van der Waals surface area (Å²) in [6, 6.07) is 4.53. The molecule has 0 atom stereocenters. The SMILES string of the molecule is C[C](=[Cr])Oc1ccc(C(F)(F)F)cc1. The van der Waals surface area contributed by atoms with Gasteiger partial charge >= 0.3 is 87.0 Å². The van der Waals surface area contributed by atoms with Crippen LogP contribution in [-0.2, 0) is 22.0 Å². The third kappa shape index (κ3) is 3.17. The van der Waals surface area contributed by atoms with Crippen molar-refractivity contribution in [1.29, 1.82) is 0 Å². The quantitative estimate of drug-likeness (QED) is 0.772. The Morgan fingerprint density at radius 2 is 1.71 bits per heavy atom. The monoisotopic (exact) mass is 240 g/mol. The first-order chi connectivity index (χ1) is 6.39. The molecule has 0 aliphatic carbocycles. The van der Waals surface area contributed by atoms with E-state index in [1.807, 2.05) is 0 Å². The Hall–Kier alpha value is -0.788. The van der Waals surface area contributed by atoms with E-state index in [4.69, 9.17) is 4.74 Å². The summed E-state index contributed by atoms with van der Waals surface area (Å²) in [4.78, 5) is 0. The minimum atomic E-state index is -4.30. The van der Waals surface area contributed by atoms with Gasteiger partial charge in [0.1, 0.15) is 0 Å². The molecule has 0 heterocycles. The van der Waals surface area contributed by atoms with Crippen LogP contribution in [0.1, 0.15) is 12.5 Å². The summed E-state index contributed by atoms with van der Waals surface area (Å²) in [6.07, 6.45) is -4.30. The van der Waals surface area contributed by atoms with Crippen LogP contribution in [0.15, 0.2) is 24.3 Å². The molecule has 14 heavy (non-hydrogen) atoms. The standard InChI is InChI=1S/C9H7F3O.Cr/c1-2-13-8-5-3-7(4-6-8)9(10,11)12;/h3-6H,1H3;. The molecule has 1 aromatic rings. The fourth-order valence-corrected chi connectivity index (χ4v) is 1.03. The second kappa shape index (κ2) is 4.16. The summed E-state index contributed by atoms with van der Waals surface area (Å²) in [5, 5.41) is 0. The van der Waals surface area contributed by atoms with Gasteiger partial charge in [-0.3, -0.25) is 0 Å². The molecule has 5 heteroatoms. The number of alkyl halides is 3. The van der Waals surface area contributed by atoms with E-state index >= 15 is 0 Å². The molecule has 1 rings (SSSR count). The molecule has 1 aromatic carbocycles. The van der Waals surface area contributed by atoms with Gasteiger partial charge in [-0.25, -0.2) is 0 Å². The minimum absolute atomic E-state index is 0.384. The van der Waals surface area contributed by atoms with Crippen molar-refractivity contribution >= 4 is 4.57 Å². The Labute approximate surface area is 87.5 Å². The van der Waals surface area contributed by atoms with Crippen LogP contribution in [0.25, 0.3) is 0 Å². The third-order valence-electron chi connectivity index (χ3n) is 1.44. The number of hydrogen-bond acceptors (Lipinski definition) is 1. The third-order valence-corrected chi connectivity index (χ3v) is 1.57. The Morgan fingerprint density at radius 1 is 1.21 bits per heavy atom. The molecule has 0 saturated carbocycles. The molecular weight excluding hydrogens is 233 g/mol. The van der Waals surface area contributed by atoms with Gasteiger partial charge in [-0.2, -0.15) is 0 Å². The number of halogens is 3. The van der Waals surface area contributed by atoms with Crippen molar-refractivity contribution in [3.05, 3.63) is 29.8 Å². The molecule has 0 amide bonds. The van der Waals surface area contributed by atoms with Crippen molar-refractivity contribution in [3.8, 4) is 5.75 Å². The van der Waals surface area contributed by atoms with Crippen LogP contribution in [0.3, 0.4) is 0 Å². The molecule has 0 spiro atoms. The summed E-state index contributed by atoms with van der Waals surface area (Å²) >= 11 is 2.61. The zero-order valence-corrected chi connectivity index (χ0v) is 8.53. The maximum absolute atomic E-state index is 12.1. The van der Waals surface area contributed by atoms with Gasteiger partial charge in [-0.05, 0) is 0 Å². The van der Waals surface area contributed by atoms with Crippen molar-refractivity contribution < 1.29 is 33.8 Å². The average Bonchev–Trinajstić information content (AvgIpc) is 2.02. The van der Waals surface area contributed by atoms with Gasteiger partial charge in [0.05, 0.1) is 0 Å². The van der Waals surface area contributed by atoms with Gasteiger partial charge in [0.2, 0.25) is 0 Å². The van der Waals surface area contributed by atoms with E-state index < -0.39 is 11.7 Å². The van der Waals surface area contributed by atoms with E-state index in [9.17, 15) is 13.2 Å². The zero-order chi connectivity index (χ0) is 10.8. The maximum atomic E-state index is 12.1. The molecule has 0 fully saturated rings. The van der Waals surface area contributed by atoms with Crippen LogP contribution < -0.4 is 4.74 Å². The van der Waals surface area contributed by atoms with E-state index in [-0.39, 0.29) is 0 Å². The predicted molar refractivity (Wildman–Crippen MR) is 42.8 cm³/mol. The van der Waals surface area contributed by atoms with Crippen molar-refractivity contribution in [1.82, 2.24) is 0 Å². The van der Waals surface area contributed by atoms with Crippen molar-refractivity contribution in [2.75, 3.05) is 0 Å². The molecule has 0 aromatic heterocycles. The van der Waals surface area contributed by atoms with Crippen molar-refractivity contribution in [2.24, 2.45) is 0 Å². The fraction of sp³-hybridized carbons (Fsp3) is 0.222. The molecule has 0 radical (unpaired) electrons. The number of rotatable bonds is 2. The summed E-state index contributed by atoms with van der Waals surface area (Å²) < 4.78 is 42.0. The molecule has 0 aliphatic rings. The van der Waals surface area contributed by atoms with Crippen molar-refractivity contribution in [3.63, 3.8) is 0 Å². The molecule has 0 N–H and O–H groups in total. The Kier molecular flexibility index (Phi) is 3.35. The first kappa shape index (κ1) is 11.3. The first-order valence-corrected chi connectivity index (χ1v) is 4.39. The fourth-order valence-electron chi connectivity index (χ4n) is 0.878. The van der Waals surface area contributed by atoms with Gasteiger partial charge in [-0.15, -0.1) is 0 Å². The molecule has 0 unspecified atom stereocenters. The van der Waals surface area contributed by atoms with E-state index in [1.165, 1.54) is 12.1 Å². The number of ether oxygens (including phenoxy) is 1. The molecular formula is C9H7CrF3O. The number of benzene rings is 1. The van der Waals surface area contributed by atoms with Gasteiger partial charge in [0, 0.05) is 0 Å². The topological polar surface area (TPSA) is 9.23 Å². The van der Waals surface area contributed by atoms with Gasteiger partial charge < -0.3 is 0 Å². The second-order valence-corrected chi connectivity index (χ2v) is 3.51. The Bertz CT molecular complexity index is 329. The normalized spacial score (nSPS) is 11.1. The molecule has 76 valence electrons. The van der Waals surface area contributed by atoms with E-state index in [1.54, 1.807) is 6.92 Å². The number of hydrogen-bond donors (Lipinski definition) is 0. The average molecular weight is 240 g/mol. The van der Waals surface area contributed by atoms with Gasteiger partial charge in [0.25, 0.3) is 0 Å². The molecule has 0 bridgehead atoms. The van der Waals surface area contributed by atoms with Gasteiger partial charge in [-0.1, -0.05) is 0 Å². The molecule has 1 nitrogen and oxygen atoms in total. The Morgan fingerprint density at radius 3 is 2.07 bits per heavy atom. The van der Waals surface area contributed by atoms with Crippen LogP contribution in [0.5, 0.6) is 5.75 Å². The second-order valence-electron chi connectivity index (χ2n) is 2.62. The summed E-state index contributed by atoms with van der Waals surface area (Å²) in [6.45, 7) is 1.68. The van der Waals surface area contributed by atoms with Crippen LogP contribution in [0.4, 0.5) is 13.2 Å². The molecule has 0 saturated heterocycles. The summed E-state index contributed by atoms with van der Waals surface area (Å²) in [7, 11) is 0. The first-order valence-electron chi connectivity index (χ1n) is 3.75. The van der Waals surface area contributed by atoms with Crippen LogP contribution in [-0.4, -0.2) is 4.57 Å². The van der Waals surface area contributed by atoms with Crippen molar-refractivity contribution in [2.45, 2.75) is 13.1 Å². The molecule has 0 aliphatic heterocycles. The van der Waals surface area contributed by atoms with Crippen LogP contribution in [0, 0.1) is 0 Å². The van der Waals surface area contributed by atoms with Gasteiger partial charge in [0.15, 0.2) is 0 Å². The summed E-state index contributed by atoms with van der Waals surface area (Å²) in [5.41, 5.74) is -0.678. The van der Waals surface area contributed by atoms with Crippen LogP contribution in [0.2, 0.25) is 0 Å². The Balaban J connectivity index is 2.84. The van der Waals surface area contributed by atoms with E-state index in [2.05, 4.69) is 15.9 Å². The van der Waals surface area contributed by atoms with E-state index in [0.717, 1.165) is 12.1 Å². The predicted octanol–water partition coefficient (Wildman–Crippen LogP) is 2.78. The van der Waals surface area contributed by atoms with E-state index in [0.29, 0.717) is 10.3 Å².